The van der Waals surface area contributed by atoms with Gasteiger partial charge in [0.2, 0.25) is 0 Å². The maximum atomic E-state index is 12.4. The minimum atomic E-state index is -0.0273. The van der Waals surface area contributed by atoms with Crippen LogP contribution in [-0.4, -0.2) is 38.8 Å². The van der Waals surface area contributed by atoms with Crippen molar-refractivity contribution in [2.24, 2.45) is 0 Å². The van der Waals surface area contributed by atoms with E-state index in [1.165, 1.54) is 9.78 Å². The molecule has 6 heteroatoms. The first-order valence-corrected chi connectivity index (χ1v) is 9.41. The summed E-state index contributed by atoms with van der Waals surface area (Å²) in [6.45, 7) is 4.18. The van der Waals surface area contributed by atoms with Crippen LogP contribution in [-0.2, 0) is 4.74 Å². The van der Waals surface area contributed by atoms with Crippen molar-refractivity contribution < 1.29 is 14.4 Å². The predicted molar refractivity (Wildman–Crippen MR) is 95.1 cm³/mol. The summed E-state index contributed by atoms with van der Waals surface area (Å²) < 4.78 is 6.38. The molecule has 1 saturated heterocycles. The number of hydrogen-bond donors (Lipinski definition) is 2. The molecule has 4 nitrogen and oxygen atoms in total. The molecule has 0 saturated carbocycles. The summed E-state index contributed by atoms with van der Waals surface area (Å²) >= 11 is 5.16. The Bertz CT molecular complexity index is 642. The van der Waals surface area contributed by atoms with E-state index in [0.717, 1.165) is 30.8 Å². The maximum absolute atomic E-state index is 12.4. The molecule has 1 atom stereocenters. The van der Waals surface area contributed by atoms with E-state index in [9.17, 15) is 4.79 Å². The summed E-state index contributed by atoms with van der Waals surface area (Å²) in [5.41, 5.74) is 0.682. The third-order valence-corrected chi connectivity index (χ3v) is 5.55. The number of rotatable bonds is 5. The molecule has 1 amide bonds. The lowest BCUT2D eigenvalue weighted by Gasteiger charge is -2.31. The van der Waals surface area contributed by atoms with Crippen LogP contribution in [0.5, 0.6) is 0 Å². The highest BCUT2D eigenvalue weighted by Crippen LogP contribution is 2.17. The van der Waals surface area contributed by atoms with Crippen molar-refractivity contribution in [3.63, 3.8) is 0 Å². The van der Waals surface area contributed by atoms with Crippen LogP contribution in [0.3, 0.4) is 0 Å². The fraction of sp³-hybridized carbons (Fsp3) is 0.353. The van der Waals surface area contributed by atoms with Crippen molar-refractivity contribution in [2.75, 3.05) is 32.8 Å². The Balaban J connectivity index is 1.67. The lowest BCUT2D eigenvalue weighted by molar-refractivity contribution is -0.937. The molecule has 1 aromatic heterocycles. The topological polar surface area (TPSA) is 42.8 Å². The summed E-state index contributed by atoms with van der Waals surface area (Å²) in [4.78, 5) is 15.2. The number of morpholine rings is 1. The molecule has 0 spiro atoms. The van der Waals surface area contributed by atoms with Crippen molar-refractivity contribution in [1.82, 2.24) is 5.32 Å². The molecule has 0 bridgehead atoms. The fourth-order valence-electron chi connectivity index (χ4n) is 2.84. The predicted octanol–water partition coefficient (Wildman–Crippen LogP) is 1.90. The van der Waals surface area contributed by atoms with Gasteiger partial charge in [-0.2, -0.15) is 0 Å². The van der Waals surface area contributed by atoms with Gasteiger partial charge in [-0.25, -0.2) is 0 Å². The van der Waals surface area contributed by atoms with Gasteiger partial charge >= 0.3 is 0 Å². The maximum Gasteiger partial charge on any atom is 0.251 e. The van der Waals surface area contributed by atoms with Crippen LogP contribution < -0.4 is 10.2 Å². The number of thiophene rings is 1. The summed E-state index contributed by atoms with van der Waals surface area (Å²) in [5.74, 6) is -0.0273. The largest absolute Gasteiger partial charge is 0.370 e. The molecule has 2 heterocycles. The number of nitrogens with one attached hydrogen (secondary N) is 2. The zero-order valence-electron chi connectivity index (χ0n) is 12.8. The Hall–Kier alpha value is -1.21. The first-order chi connectivity index (χ1) is 11.2. The SMILES string of the molecule is O=C(NC[C@H](c1cccs1)[NH+]1CCOCC1)c1cccc(Br)c1. The number of carbonyl (C=O) groups is 1. The molecule has 2 N–H and O–H groups in total. The van der Waals surface area contributed by atoms with Crippen molar-refractivity contribution >= 4 is 33.2 Å². The summed E-state index contributed by atoms with van der Waals surface area (Å²) in [6, 6.07) is 12.0. The molecule has 1 aliphatic heterocycles. The Morgan fingerprint density at radius 3 is 2.83 bits per heavy atom. The number of hydrogen-bond acceptors (Lipinski definition) is 3. The van der Waals surface area contributed by atoms with E-state index in [4.69, 9.17) is 4.74 Å². The van der Waals surface area contributed by atoms with Crippen LogP contribution >= 0.6 is 27.3 Å². The molecular formula is C17H20BrN2O2S+. The van der Waals surface area contributed by atoms with Crippen LogP contribution in [0.15, 0.2) is 46.3 Å². The van der Waals surface area contributed by atoms with E-state index in [0.29, 0.717) is 12.1 Å². The standard InChI is InChI=1S/C17H19BrN2O2S/c18-14-4-1-3-13(11-14)17(21)19-12-15(16-5-2-10-23-16)20-6-8-22-9-7-20/h1-5,10-11,15H,6-9,12H2,(H,19,21)/p+1/t15-/m1/s1. The highest BCUT2D eigenvalue weighted by molar-refractivity contribution is 9.10. The molecule has 0 unspecified atom stereocenters. The molecule has 1 aliphatic rings. The van der Waals surface area contributed by atoms with Crippen LogP contribution in [0.25, 0.3) is 0 Å². The van der Waals surface area contributed by atoms with Crippen LogP contribution in [0.2, 0.25) is 0 Å². The molecule has 122 valence electrons. The summed E-state index contributed by atoms with van der Waals surface area (Å²) in [6.07, 6.45) is 0. The zero-order valence-corrected chi connectivity index (χ0v) is 15.2. The minimum Gasteiger partial charge on any atom is -0.370 e. The number of benzene rings is 1. The average molecular weight is 396 g/mol. The monoisotopic (exact) mass is 395 g/mol. The first kappa shape index (κ1) is 16.6. The third kappa shape index (κ3) is 4.41. The number of carbonyl (C=O) groups excluding carboxylic acids is 1. The van der Waals surface area contributed by atoms with Crippen molar-refractivity contribution in [2.45, 2.75) is 6.04 Å². The Labute approximate surface area is 148 Å². The molecule has 0 radical (unpaired) electrons. The van der Waals surface area contributed by atoms with Gasteiger partial charge in [-0.1, -0.05) is 28.1 Å². The number of amides is 1. The van der Waals surface area contributed by atoms with Crippen molar-refractivity contribution in [3.8, 4) is 0 Å². The van der Waals surface area contributed by atoms with Gasteiger partial charge in [-0.05, 0) is 29.6 Å². The molecular weight excluding hydrogens is 376 g/mol. The van der Waals surface area contributed by atoms with E-state index in [1.54, 1.807) is 11.3 Å². The third-order valence-electron chi connectivity index (χ3n) is 4.07. The smallest absolute Gasteiger partial charge is 0.251 e. The number of ether oxygens (including phenoxy) is 1. The lowest BCUT2D eigenvalue weighted by atomic mass is 10.1. The van der Waals surface area contributed by atoms with Crippen molar-refractivity contribution in [3.05, 3.63) is 56.7 Å². The van der Waals surface area contributed by atoms with Gasteiger partial charge in [0.15, 0.2) is 0 Å². The fourth-order valence-corrected chi connectivity index (χ4v) is 4.13. The van der Waals surface area contributed by atoms with Gasteiger partial charge in [0.25, 0.3) is 5.91 Å². The second-order valence-electron chi connectivity index (χ2n) is 5.56. The van der Waals surface area contributed by atoms with E-state index in [2.05, 4.69) is 38.8 Å². The van der Waals surface area contributed by atoms with Gasteiger partial charge in [0.1, 0.15) is 19.1 Å². The zero-order chi connectivity index (χ0) is 16.1. The number of halogens is 1. The van der Waals surface area contributed by atoms with Crippen LogP contribution in [0.4, 0.5) is 0 Å². The van der Waals surface area contributed by atoms with Gasteiger partial charge in [0, 0.05) is 10.0 Å². The minimum absolute atomic E-state index is 0.0273. The normalized spacial score (nSPS) is 16.9. The van der Waals surface area contributed by atoms with Gasteiger partial charge in [-0.3, -0.25) is 4.79 Å². The second kappa shape index (κ2) is 8.06. The average Bonchev–Trinajstić information content (AvgIpc) is 3.10. The second-order valence-corrected chi connectivity index (χ2v) is 7.45. The first-order valence-electron chi connectivity index (χ1n) is 7.73. The van der Waals surface area contributed by atoms with Gasteiger partial charge in [-0.15, -0.1) is 11.3 Å². The Morgan fingerprint density at radius 1 is 1.30 bits per heavy atom. The molecule has 1 aromatic carbocycles. The van der Waals surface area contributed by atoms with E-state index >= 15 is 0 Å². The molecule has 3 rings (SSSR count). The quantitative estimate of drug-likeness (QED) is 0.811. The van der Waals surface area contributed by atoms with Crippen LogP contribution in [0.1, 0.15) is 21.3 Å². The molecule has 23 heavy (non-hydrogen) atoms. The highest BCUT2D eigenvalue weighted by Gasteiger charge is 2.27. The van der Waals surface area contributed by atoms with Gasteiger partial charge in [0.05, 0.1) is 24.6 Å². The Kier molecular flexibility index (Phi) is 5.83. The Morgan fingerprint density at radius 2 is 2.13 bits per heavy atom. The number of quaternary nitrogens is 1. The van der Waals surface area contributed by atoms with E-state index < -0.39 is 0 Å². The van der Waals surface area contributed by atoms with Gasteiger partial charge < -0.3 is 15.0 Å². The lowest BCUT2D eigenvalue weighted by Crippen LogP contribution is -3.15. The van der Waals surface area contributed by atoms with Crippen molar-refractivity contribution in [1.29, 1.82) is 0 Å². The summed E-state index contributed by atoms with van der Waals surface area (Å²) in [5, 5.41) is 5.19. The highest BCUT2D eigenvalue weighted by atomic mass is 79.9. The molecule has 2 aromatic rings. The van der Waals surface area contributed by atoms with E-state index in [-0.39, 0.29) is 11.9 Å². The van der Waals surface area contributed by atoms with E-state index in [1.807, 2.05) is 24.3 Å². The summed E-state index contributed by atoms with van der Waals surface area (Å²) in [7, 11) is 0. The molecule has 0 aliphatic carbocycles. The molecule has 1 fully saturated rings. The van der Waals surface area contributed by atoms with Crippen LogP contribution in [0, 0.1) is 0 Å².